The molecule has 1 saturated carbocycles. The van der Waals surface area contributed by atoms with Crippen LogP contribution in [0.4, 0.5) is 5.69 Å². The van der Waals surface area contributed by atoms with Crippen LogP contribution < -0.4 is 4.90 Å². The number of carbonyl (C=O) groups is 1. The van der Waals surface area contributed by atoms with E-state index in [1.807, 2.05) is 32.4 Å². The Morgan fingerprint density at radius 1 is 1.17 bits per heavy atom. The van der Waals surface area contributed by atoms with E-state index >= 15 is 0 Å². The molecular weight excluding hydrogens is 364 g/mol. The predicted molar refractivity (Wildman–Crippen MR) is 117 cm³/mol. The fourth-order valence-corrected chi connectivity index (χ4v) is 4.57. The minimum atomic E-state index is -0.290. The van der Waals surface area contributed by atoms with Crippen molar-refractivity contribution in [2.75, 3.05) is 32.6 Å². The lowest BCUT2D eigenvalue weighted by molar-refractivity contribution is 0.0600. The van der Waals surface area contributed by atoms with E-state index < -0.39 is 0 Å². The quantitative estimate of drug-likeness (QED) is 0.691. The van der Waals surface area contributed by atoms with Crippen LogP contribution in [-0.2, 0) is 11.8 Å². The second-order valence-corrected chi connectivity index (χ2v) is 8.27. The van der Waals surface area contributed by atoms with Gasteiger partial charge >= 0.3 is 5.97 Å². The Balaban J connectivity index is 2.00. The lowest BCUT2D eigenvalue weighted by atomic mass is 9.88. The molecule has 0 aliphatic heterocycles. The van der Waals surface area contributed by atoms with E-state index in [-0.39, 0.29) is 5.97 Å². The first-order valence-electron chi connectivity index (χ1n) is 10.5. The highest BCUT2D eigenvalue weighted by molar-refractivity contribution is 5.95. The monoisotopic (exact) mass is 398 g/mol. The molecule has 0 atom stereocenters. The van der Waals surface area contributed by atoms with Crippen LogP contribution in [-0.4, -0.2) is 60.5 Å². The van der Waals surface area contributed by atoms with Gasteiger partial charge in [0.25, 0.3) is 0 Å². The molecule has 1 aromatic heterocycles. The molecule has 1 aliphatic rings. The summed E-state index contributed by atoms with van der Waals surface area (Å²) in [7, 11) is 7.69. The van der Waals surface area contributed by atoms with E-state index in [0.29, 0.717) is 17.6 Å². The number of anilines is 1. The van der Waals surface area contributed by atoms with Gasteiger partial charge in [0.2, 0.25) is 0 Å². The summed E-state index contributed by atoms with van der Waals surface area (Å²) in [5.41, 5.74) is 4.75. The molecule has 0 saturated heterocycles. The van der Waals surface area contributed by atoms with E-state index in [1.54, 1.807) is 4.68 Å². The van der Waals surface area contributed by atoms with Crippen molar-refractivity contribution in [3.8, 4) is 11.1 Å². The number of rotatable bonds is 6. The minimum Gasteiger partial charge on any atom is -0.465 e. The van der Waals surface area contributed by atoms with Crippen molar-refractivity contribution in [2.24, 2.45) is 7.05 Å². The van der Waals surface area contributed by atoms with Crippen molar-refractivity contribution in [1.82, 2.24) is 14.7 Å². The maximum absolute atomic E-state index is 12.5. The molecule has 1 fully saturated rings. The van der Waals surface area contributed by atoms with E-state index in [0.717, 1.165) is 28.9 Å². The molecule has 29 heavy (non-hydrogen) atoms. The summed E-state index contributed by atoms with van der Waals surface area (Å²) in [6.45, 7) is 5.14. The highest BCUT2D eigenvalue weighted by atomic mass is 16.5. The summed E-state index contributed by atoms with van der Waals surface area (Å²) in [6.07, 6.45) is 8.57. The number of esters is 1. The second kappa shape index (κ2) is 8.99. The number of hydrogen-bond acceptors (Lipinski definition) is 5. The average Bonchev–Trinajstić information content (AvgIpc) is 3.16. The highest BCUT2D eigenvalue weighted by Crippen LogP contribution is 2.35. The Morgan fingerprint density at radius 2 is 1.83 bits per heavy atom. The molecule has 0 radical (unpaired) electrons. The van der Waals surface area contributed by atoms with E-state index in [9.17, 15) is 4.79 Å². The summed E-state index contributed by atoms with van der Waals surface area (Å²) in [5.74, 6) is -0.290. The molecule has 1 aromatic carbocycles. The number of aryl methyl sites for hydroxylation is 1. The molecule has 0 spiro atoms. The van der Waals surface area contributed by atoms with Gasteiger partial charge in [-0.2, -0.15) is 5.10 Å². The van der Waals surface area contributed by atoms with Crippen LogP contribution in [0.3, 0.4) is 0 Å². The summed E-state index contributed by atoms with van der Waals surface area (Å²) in [4.78, 5) is 17.3. The molecular formula is C23H34N4O2. The van der Waals surface area contributed by atoms with Crippen LogP contribution in [0.5, 0.6) is 0 Å². The lowest BCUT2D eigenvalue weighted by Gasteiger charge is -2.40. The van der Waals surface area contributed by atoms with Gasteiger partial charge in [-0.25, -0.2) is 4.79 Å². The zero-order valence-electron chi connectivity index (χ0n) is 18.6. The smallest absolute Gasteiger partial charge is 0.338 e. The first-order valence-corrected chi connectivity index (χ1v) is 10.5. The maximum Gasteiger partial charge on any atom is 0.338 e. The standard InChI is InChI=1S/C23H34N4O2/c1-7-27(20-10-8-19(9-11-20)25(3)4)22-13-17(18-14-24-26(5)15-18)12-21(16(22)2)23(28)29-6/h12-15,19-20H,7-11H2,1-6H3/t19-,20-. The molecule has 1 heterocycles. The third-order valence-corrected chi connectivity index (χ3v) is 6.31. The first kappa shape index (κ1) is 21.4. The van der Waals surface area contributed by atoms with E-state index in [1.165, 1.54) is 32.8 Å². The average molecular weight is 399 g/mol. The molecule has 0 N–H and O–H groups in total. The SMILES string of the molecule is CCN(c1cc(-c2cnn(C)c2)cc(C(=O)OC)c1C)[C@H]1CC[C@H](N(C)C)CC1. The molecule has 3 rings (SSSR count). The molecule has 1 aliphatic carbocycles. The third kappa shape index (κ3) is 4.47. The predicted octanol–water partition coefficient (Wildman–Crippen LogP) is 3.88. The van der Waals surface area contributed by atoms with Gasteiger partial charge in [-0.1, -0.05) is 0 Å². The van der Waals surface area contributed by atoms with Gasteiger partial charge < -0.3 is 14.5 Å². The molecule has 158 valence electrons. The van der Waals surface area contributed by atoms with Gasteiger partial charge in [-0.3, -0.25) is 4.68 Å². The van der Waals surface area contributed by atoms with Crippen LogP contribution in [0.1, 0.15) is 48.5 Å². The van der Waals surface area contributed by atoms with Crippen molar-refractivity contribution in [2.45, 2.75) is 51.6 Å². The van der Waals surface area contributed by atoms with E-state index in [4.69, 9.17) is 4.74 Å². The van der Waals surface area contributed by atoms with Crippen molar-refractivity contribution in [3.63, 3.8) is 0 Å². The lowest BCUT2D eigenvalue weighted by Crippen LogP contribution is -2.42. The van der Waals surface area contributed by atoms with Crippen LogP contribution in [0.25, 0.3) is 11.1 Å². The highest BCUT2D eigenvalue weighted by Gasteiger charge is 2.28. The van der Waals surface area contributed by atoms with Crippen molar-refractivity contribution in [1.29, 1.82) is 0 Å². The molecule has 0 bridgehead atoms. The topological polar surface area (TPSA) is 50.6 Å². The van der Waals surface area contributed by atoms with Crippen molar-refractivity contribution in [3.05, 3.63) is 35.7 Å². The van der Waals surface area contributed by atoms with Crippen LogP contribution in [0, 0.1) is 6.92 Å². The largest absolute Gasteiger partial charge is 0.465 e. The fraction of sp³-hybridized carbons (Fsp3) is 0.565. The molecule has 0 amide bonds. The van der Waals surface area contributed by atoms with Gasteiger partial charge in [0, 0.05) is 43.1 Å². The van der Waals surface area contributed by atoms with Gasteiger partial charge in [-0.05, 0) is 76.9 Å². The summed E-state index contributed by atoms with van der Waals surface area (Å²) < 4.78 is 6.87. The second-order valence-electron chi connectivity index (χ2n) is 8.27. The molecule has 0 unspecified atom stereocenters. The molecule has 6 heteroatoms. The first-order chi connectivity index (χ1) is 13.8. The Hall–Kier alpha value is -2.34. The van der Waals surface area contributed by atoms with Gasteiger partial charge in [-0.15, -0.1) is 0 Å². The van der Waals surface area contributed by atoms with Crippen molar-refractivity contribution < 1.29 is 9.53 Å². The third-order valence-electron chi connectivity index (χ3n) is 6.31. The number of aromatic nitrogens is 2. The van der Waals surface area contributed by atoms with Crippen molar-refractivity contribution >= 4 is 11.7 Å². The molecule has 6 nitrogen and oxygen atoms in total. The fourth-order valence-electron chi connectivity index (χ4n) is 4.57. The number of carbonyl (C=O) groups excluding carboxylic acids is 1. The Labute approximate surface area is 174 Å². The number of methoxy groups -OCH3 is 1. The zero-order chi connectivity index (χ0) is 21.1. The van der Waals surface area contributed by atoms with Crippen LogP contribution in [0.15, 0.2) is 24.5 Å². The van der Waals surface area contributed by atoms with Gasteiger partial charge in [0.15, 0.2) is 0 Å². The summed E-state index contributed by atoms with van der Waals surface area (Å²) in [6, 6.07) is 5.29. The van der Waals surface area contributed by atoms with Gasteiger partial charge in [0.1, 0.15) is 0 Å². The number of benzene rings is 1. The Morgan fingerprint density at radius 3 is 2.34 bits per heavy atom. The Kier molecular flexibility index (Phi) is 6.63. The number of ether oxygens (including phenoxy) is 1. The van der Waals surface area contributed by atoms with Crippen LogP contribution in [0.2, 0.25) is 0 Å². The number of nitrogens with zero attached hydrogens (tertiary/aromatic N) is 4. The maximum atomic E-state index is 12.5. The zero-order valence-corrected chi connectivity index (χ0v) is 18.6. The molecule has 2 aromatic rings. The minimum absolute atomic E-state index is 0.290. The van der Waals surface area contributed by atoms with E-state index in [2.05, 4.69) is 42.0 Å². The van der Waals surface area contributed by atoms with Crippen LogP contribution >= 0.6 is 0 Å². The van der Waals surface area contributed by atoms with Gasteiger partial charge in [0.05, 0.1) is 18.9 Å². The summed E-state index contributed by atoms with van der Waals surface area (Å²) >= 11 is 0. The normalized spacial score (nSPS) is 19.4. The number of hydrogen-bond donors (Lipinski definition) is 0. The Bertz CT molecular complexity index is 851. The summed E-state index contributed by atoms with van der Waals surface area (Å²) in [5, 5.41) is 4.30.